The van der Waals surface area contributed by atoms with Gasteiger partial charge in [0.15, 0.2) is 0 Å². The van der Waals surface area contributed by atoms with Gasteiger partial charge in [0.25, 0.3) is 0 Å². The monoisotopic (exact) mass is 299 g/mol. The van der Waals surface area contributed by atoms with Crippen LogP contribution in [0.15, 0.2) is 0 Å². The molecule has 6 nitrogen and oxygen atoms in total. The lowest BCUT2D eigenvalue weighted by molar-refractivity contribution is -0.177. The van der Waals surface area contributed by atoms with E-state index in [0.29, 0.717) is 0 Å². The number of ether oxygens (including phenoxy) is 1. The van der Waals surface area contributed by atoms with Gasteiger partial charge < -0.3 is 15.2 Å². The van der Waals surface area contributed by atoms with Gasteiger partial charge in [-0.1, -0.05) is 6.92 Å². The van der Waals surface area contributed by atoms with Crippen LogP contribution in [0, 0.1) is 5.92 Å². The predicted molar refractivity (Wildman–Crippen MR) is 60.6 cm³/mol. The molecule has 0 aromatic carbocycles. The Morgan fingerprint density at radius 3 is 2.05 bits per heavy atom. The Hall–Kier alpha value is -1.80. The molecule has 0 bridgehead atoms. The Morgan fingerprint density at radius 2 is 1.75 bits per heavy atom. The number of nitrogens with one attached hydrogen (secondary N) is 1. The lowest BCUT2D eigenvalue weighted by Crippen LogP contribution is -2.53. The summed E-state index contributed by atoms with van der Waals surface area (Å²) in [7, 11) is 0. The molecule has 116 valence electrons. The highest BCUT2D eigenvalue weighted by molar-refractivity contribution is 5.90. The highest BCUT2D eigenvalue weighted by Crippen LogP contribution is 2.18. The third-order valence-electron chi connectivity index (χ3n) is 2.31. The van der Waals surface area contributed by atoms with Crippen LogP contribution in [0.3, 0.4) is 0 Å². The number of hydrogen-bond acceptors (Lipinski definition) is 4. The molecule has 0 rings (SSSR count). The highest BCUT2D eigenvalue weighted by Gasteiger charge is 2.44. The lowest BCUT2D eigenvalue weighted by Gasteiger charge is -2.24. The van der Waals surface area contributed by atoms with Crippen LogP contribution < -0.4 is 5.32 Å². The second-order valence-electron chi connectivity index (χ2n) is 4.29. The van der Waals surface area contributed by atoms with Gasteiger partial charge in [0.2, 0.25) is 0 Å². The summed E-state index contributed by atoms with van der Waals surface area (Å²) in [6.45, 7) is 4.26. The number of esters is 1. The van der Waals surface area contributed by atoms with Crippen LogP contribution in [0.2, 0.25) is 0 Å². The minimum Gasteiger partial charge on any atom is -0.481 e. The molecular weight excluding hydrogens is 283 g/mol. The van der Waals surface area contributed by atoms with Crippen molar-refractivity contribution >= 4 is 17.8 Å². The molecule has 0 saturated heterocycles. The van der Waals surface area contributed by atoms with E-state index in [0.717, 1.165) is 0 Å². The molecular formula is C11H16F3NO5. The molecule has 2 N–H and O–H groups in total. The normalized spacial score (nSPS) is 14.6. The number of hydrogen-bond donors (Lipinski definition) is 2. The number of halogens is 3. The standard InChI is InChI=1S/C11H16F3NO5/c1-4-6(8(16)17)7(9(18)20-5(2)3)15-10(19)11(12,13)14/h5-7H,4H2,1-3H3,(H,15,19)(H,16,17)/t6-,7-/m0/s1. The molecule has 0 heterocycles. The Kier molecular flexibility index (Phi) is 6.47. The second kappa shape index (κ2) is 7.11. The SMILES string of the molecule is CC[C@H](C(=O)O)[C@H](NC(=O)C(F)(F)F)C(=O)OC(C)C. The summed E-state index contributed by atoms with van der Waals surface area (Å²) in [4.78, 5) is 33.5. The average molecular weight is 299 g/mol. The molecule has 0 radical (unpaired) electrons. The van der Waals surface area contributed by atoms with Crippen LogP contribution in [-0.4, -0.2) is 41.3 Å². The van der Waals surface area contributed by atoms with Crippen molar-refractivity contribution in [3.8, 4) is 0 Å². The maximum atomic E-state index is 12.2. The number of carboxylic acids is 1. The zero-order chi connectivity index (χ0) is 16.1. The number of alkyl halides is 3. The number of aliphatic carboxylic acids is 1. The summed E-state index contributed by atoms with van der Waals surface area (Å²) in [6, 6.07) is -1.89. The number of carboxylic acid groups (broad SMARTS) is 1. The van der Waals surface area contributed by atoms with Crippen molar-refractivity contribution < 1.29 is 37.4 Å². The van der Waals surface area contributed by atoms with Gasteiger partial charge in [0.05, 0.1) is 12.0 Å². The largest absolute Gasteiger partial charge is 0.481 e. The fourth-order valence-electron chi connectivity index (χ4n) is 1.41. The summed E-state index contributed by atoms with van der Waals surface area (Å²) in [5.74, 6) is -6.61. The maximum Gasteiger partial charge on any atom is 0.471 e. The van der Waals surface area contributed by atoms with Crippen molar-refractivity contribution in [3.05, 3.63) is 0 Å². The first-order valence-corrected chi connectivity index (χ1v) is 5.81. The van der Waals surface area contributed by atoms with E-state index < -0.39 is 42.1 Å². The Bertz CT molecular complexity index is 381. The summed E-state index contributed by atoms with van der Waals surface area (Å²) in [5, 5.41) is 10.3. The van der Waals surface area contributed by atoms with Crippen LogP contribution in [0.4, 0.5) is 13.2 Å². The second-order valence-corrected chi connectivity index (χ2v) is 4.29. The molecule has 0 spiro atoms. The predicted octanol–water partition coefficient (Wildman–Crippen LogP) is 1.10. The molecule has 2 atom stereocenters. The van der Waals surface area contributed by atoms with Crippen LogP contribution in [-0.2, 0) is 19.1 Å². The Balaban J connectivity index is 5.21. The van der Waals surface area contributed by atoms with Crippen molar-refractivity contribution in [1.82, 2.24) is 5.32 Å². The van der Waals surface area contributed by atoms with E-state index >= 15 is 0 Å². The van der Waals surface area contributed by atoms with Gasteiger partial charge in [0.1, 0.15) is 6.04 Å². The number of carbonyl (C=O) groups is 3. The molecule has 0 unspecified atom stereocenters. The van der Waals surface area contributed by atoms with E-state index in [1.165, 1.54) is 26.1 Å². The number of carbonyl (C=O) groups excluding carboxylic acids is 2. The molecule has 0 aromatic heterocycles. The molecule has 0 aliphatic carbocycles. The zero-order valence-electron chi connectivity index (χ0n) is 11.2. The van der Waals surface area contributed by atoms with Crippen LogP contribution in [0.1, 0.15) is 27.2 Å². The number of amides is 1. The summed E-state index contributed by atoms with van der Waals surface area (Å²) < 4.78 is 41.3. The quantitative estimate of drug-likeness (QED) is 0.716. The average Bonchev–Trinajstić information content (AvgIpc) is 2.25. The zero-order valence-corrected chi connectivity index (χ0v) is 11.2. The van der Waals surface area contributed by atoms with E-state index in [9.17, 15) is 27.6 Å². The minimum absolute atomic E-state index is 0.147. The topological polar surface area (TPSA) is 92.7 Å². The van der Waals surface area contributed by atoms with Crippen molar-refractivity contribution in [1.29, 1.82) is 0 Å². The van der Waals surface area contributed by atoms with Gasteiger partial charge in [0, 0.05) is 0 Å². The molecule has 9 heteroatoms. The summed E-state index contributed by atoms with van der Waals surface area (Å²) >= 11 is 0. The third kappa shape index (κ3) is 5.45. The van der Waals surface area contributed by atoms with E-state index in [2.05, 4.69) is 4.74 Å². The van der Waals surface area contributed by atoms with E-state index in [1.807, 2.05) is 0 Å². The Labute approximate surface area is 113 Å². The summed E-state index contributed by atoms with van der Waals surface area (Å²) in [6.07, 6.45) is -6.02. The number of rotatable bonds is 6. The van der Waals surface area contributed by atoms with Gasteiger partial charge in [-0.3, -0.25) is 9.59 Å². The van der Waals surface area contributed by atoms with Crippen LogP contribution in [0.5, 0.6) is 0 Å². The molecule has 0 fully saturated rings. The lowest BCUT2D eigenvalue weighted by atomic mass is 9.97. The van der Waals surface area contributed by atoms with Gasteiger partial charge >= 0.3 is 24.0 Å². The van der Waals surface area contributed by atoms with Gasteiger partial charge in [-0.05, 0) is 20.3 Å². The van der Waals surface area contributed by atoms with Crippen LogP contribution >= 0.6 is 0 Å². The first-order valence-electron chi connectivity index (χ1n) is 5.81. The van der Waals surface area contributed by atoms with Gasteiger partial charge in [-0.15, -0.1) is 0 Å². The molecule has 0 aromatic rings. The molecule has 20 heavy (non-hydrogen) atoms. The van der Waals surface area contributed by atoms with Crippen LogP contribution in [0.25, 0.3) is 0 Å². The fourth-order valence-corrected chi connectivity index (χ4v) is 1.41. The smallest absolute Gasteiger partial charge is 0.471 e. The molecule has 0 aliphatic heterocycles. The van der Waals surface area contributed by atoms with E-state index in [4.69, 9.17) is 5.11 Å². The molecule has 1 amide bonds. The first kappa shape index (κ1) is 18.2. The van der Waals surface area contributed by atoms with Gasteiger partial charge in [-0.25, -0.2) is 4.79 Å². The first-order chi connectivity index (χ1) is 9.00. The Morgan fingerprint density at radius 1 is 1.25 bits per heavy atom. The van der Waals surface area contributed by atoms with Crippen molar-refractivity contribution in [3.63, 3.8) is 0 Å². The van der Waals surface area contributed by atoms with Gasteiger partial charge in [-0.2, -0.15) is 13.2 Å². The van der Waals surface area contributed by atoms with Crippen molar-refractivity contribution in [2.45, 2.75) is 45.5 Å². The third-order valence-corrected chi connectivity index (χ3v) is 2.31. The van der Waals surface area contributed by atoms with E-state index in [1.54, 1.807) is 0 Å². The maximum absolute atomic E-state index is 12.2. The summed E-state index contributed by atoms with van der Waals surface area (Å²) in [5.41, 5.74) is 0. The highest BCUT2D eigenvalue weighted by atomic mass is 19.4. The molecule has 0 saturated carbocycles. The van der Waals surface area contributed by atoms with Crippen molar-refractivity contribution in [2.75, 3.05) is 0 Å². The van der Waals surface area contributed by atoms with Crippen molar-refractivity contribution in [2.24, 2.45) is 5.92 Å². The minimum atomic E-state index is -5.22. The van der Waals surface area contributed by atoms with E-state index in [-0.39, 0.29) is 6.42 Å². The fraction of sp³-hybridized carbons (Fsp3) is 0.727. The molecule has 0 aliphatic rings.